The maximum Gasteiger partial charge on any atom is 0.201 e. The van der Waals surface area contributed by atoms with Crippen LogP contribution in [0, 0.1) is 35.3 Å². The lowest BCUT2D eigenvalue weighted by Crippen LogP contribution is -2.13. The van der Waals surface area contributed by atoms with Crippen LogP contribution in [0.25, 0.3) is 0 Å². The topological polar surface area (TPSA) is 9.23 Å². The second-order valence-corrected chi connectivity index (χ2v) is 6.43. The van der Waals surface area contributed by atoms with Gasteiger partial charge in [0.1, 0.15) is 0 Å². The van der Waals surface area contributed by atoms with Gasteiger partial charge < -0.3 is 4.74 Å². The van der Waals surface area contributed by atoms with Gasteiger partial charge in [-0.1, -0.05) is 44.4 Å². The largest absolute Gasteiger partial charge is 0.494 e. The molecular weight excluding hydrogens is 294 g/mol. The van der Waals surface area contributed by atoms with Crippen molar-refractivity contribution >= 4 is 0 Å². The van der Waals surface area contributed by atoms with Crippen LogP contribution < -0.4 is 4.74 Å². The molecule has 1 aromatic rings. The van der Waals surface area contributed by atoms with E-state index in [0.717, 1.165) is 18.8 Å². The molecule has 126 valence electrons. The van der Waals surface area contributed by atoms with Gasteiger partial charge in [-0.3, -0.25) is 0 Å². The summed E-state index contributed by atoms with van der Waals surface area (Å²) in [5.74, 6) is 5.14. The Labute approximate surface area is 138 Å². The average Bonchev–Trinajstić information content (AvgIpc) is 2.58. The van der Waals surface area contributed by atoms with Crippen LogP contribution in [0.5, 0.6) is 5.75 Å². The minimum atomic E-state index is -0.959. The van der Waals surface area contributed by atoms with Gasteiger partial charge in [0, 0.05) is 5.92 Å². The van der Waals surface area contributed by atoms with Crippen molar-refractivity contribution in [3.8, 4) is 17.6 Å². The molecule has 1 aromatic carbocycles. The van der Waals surface area contributed by atoms with Crippen LogP contribution in [-0.2, 0) is 0 Å². The molecule has 0 radical (unpaired) electrons. The molecule has 1 nitrogen and oxygen atoms in total. The molecule has 1 aliphatic carbocycles. The van der Waals surface area contributed by atoms with Crippen molar-refractivity contribution in [3.63, 3.8) is 0 Å². The summed E-state index contributed by atoms with van der Waals surface area (Å²) in [7, 11) is 1.32. The monoisotopic (exact) mass is 320 g/mol. The summed E-state index contributed by atoms with van der Waals surface area (Å²) in [6.45, 7) is 2.23. The van der Waals surface area contributed by atoms with E-state index >= 15 is 0 Å². The Morgan fingerprint density at radius 2 is 1.83 bits per heavy atom. The molecule has 1 saturated carbocycles. The van der Waals surface area contributed by atoms with Crippen LogP contribution in [0.15, 0.2) is 12.1 Å². The summed E-state index contributed by atoms with van der Waals surface area (Å²) in [6, 6.07) is 2.91. The van der Waals surface area contributed by atoms with Crippen molar-refractivity contribution in [2.45, 2.75) is 58.3 Å². The first-order chi connectivity index (χ1) is 11.2. The Kier molecular flexibility index (Phi) is 6.89. The maximum absolute atomic E-state index is 13.9. The number of benzene rings is 1. The van der Waals surface area contributed by atoms with Gasteiger partial charge in [-0.2, -0.15) is 4.39 Å². The number of halogens is 2. The first-order valence-corrected chi connectivity index (χ1v) is 8.69. The summed E-state index contributed by atoms with van der Waals surface area (Å²) >= 11 is 0. The molecule has 0 amide bonds. The summed E-state index contributed by atoms with van der Waals surface area (Å²) < 4.78 is 32.3. The first kappa shape index (κ1) is 17.8. The van der Waals surface area contributed by atoms with E-state index in [0.29, 0.717) is 5.92 Å². The molecule has 1 fully saturated rings. The van der Waals surface area contributed by atoms with Crippen LogP contribution in [0.4, 0.5) is 8.78 Å². The van der Waals surface area contributed by atoms with Gasteiger partial charge >= 0.3 is 0 Å². The van der Waals surface area contributed by atoms with Crippen LogP contribution in [-0.4, -0.2) is 7.11 Å². The van der Waals surface area contributed by atoms with E-state index in [-0.39, 0.29) is 11.3 Å². The number of hydrogen-bond donors (Lipinski definition) is 0. The van der Waals surface area contributed by atoms with Gasteiger partial charge in [-0.25, -0.2) is 4.39 Å². The van der Waals surface area contributed by atoms with E-state index in [9.17, 15) is 8.78 Å². The van der Waals surface area contributed by atoms with Crippen molar-refractivity contribution in [2.24, 2.45) is 11.8 Å². The van der Waals surface area contributed by atoms with Gasteiger partial charge in [-0.05, 0) is 43.7 Å². The van der Waals surface area contributed by atoms with E-state index in [4.69, 9.17) is 4.74 Å². The van der Waals surface area contributed by atoms with E-state index in [1.807, 2.05) is 0 Å². The van der Waals surface area contributed by atoms with E-state index in [2.05, 4.69) is 18.8 Å². The molecular formula is C20H26F2O. The molecule has 0 heterocycles. The first-order valence-electron chi connectivity index (χ1n) is 8.69. The third-order valence-corrected chi connectivity index (χ3v) is 4.74. The zero-order chi connectivity index (χ0) is 16.7. The number of ether oxygens (including phenoxy) is 1. The molecule has 0 bridgehead atoms. The fourth-order valence-electron chi connectivity index (χ4n) is 3.24. The number of unbranched alkanes of at least 4 members (excludes halogenated alkanes) is 2. The molecule has 0 aliphatic heterocycles. The fourth-order valence-corrected chi connectivity index (χ4v) is 3.24. The Morgan fingerprint density at radius 3 is 2.48 bits per heavy atom. The molecule has 0 unspecified atom stereocenters. The van der Waals surface area contributed by atoms with Crippen molar-refractivity contribution in [2.75, 3.05) is 7.11 Å². The SMILES string of the molecule is CCCCC[C@H]1CC[C@H](C#Cc2ccc(OC)c(F)c2F)CC1. The van der Waals surface area contributed by atoms with Crippen molar-refractivity contribution in [1.82, 2.24) is 0 Å². The molecule has 0 saturated heterocycles. The zero-order valence-electron chi connectivity index (χ0n) is 14.1. The normalized spacial score (nSPS) is 20.7. The predicted molar refractivity (Wildman–Crippen MR) is 89.4 cm³/mol. The molecule has 0 atom stereocenters. The van der Waals surface area contributed by atoms with Crippen molar-refractivity contribution in [3.05, 3.63) is 29.3 Å². The van der Waals surface area contributed by atoms with Crippen LogP contribution >= 0.6 is 0 Å². The van der Waals surface area contributed by atoms with E-state index in [1.165, 1.54) is 57.8 Å². The smallest absolute Gasteiger partial charge is 0.201 e. The summed E-state index contributed by atoms with van der Waals surface area (Å²) in [4.78, 5) is 0. The lowest BCUT2D eigenvalue weighted by atomic mass is 9.80. The molecule has 1 aliphatic rings. The van der Waals surface area contributed by atoms with Crippen molar-refractivity contribution in [1.29, 1.82) is 0 Å². The summed E-state index contributed by atoms with van der Waals surface area (Å²) in [5, 5.41) is 0. The number of rotatable bonds is 5. The lowest BCUT2D eigenvalue weighted by Gasteiger charge is -2.25. The second-order valence-electron chi connectivity index (χ2n) is 6.43. The predicted octanol–water partition coefficient (Wildman–Crippen LogP) is 5.71. The fraction of sp³-hybridized carbons (Fsp3) is 0.600. The molecule has 2 rings (SSSR count). The summed E-state index contributed by atoms with van der Waals surface area (Å²) in [5.41, 5.74) is 0.119. The third-order valence-electron chi connectivity index (χ3n) is 4.74. The maximum atomic E-state index is 13.9. The average molecular weight is 320 g/mol. The molecule has 23 heavy (non-hydrogen) atoms. The lowest BCUT2D eigenvalue weighted by molar-refractivity contribution is 0.294. The third kappa shape index (κ3) is 4.96. The second kappa shape index (κ2) is 8.91. The molecule has 0 aromatic heterocycles. The van der Waals surface area contributed by atoms with E-state index in [1.54, 1.807) is 0 Å². The Bertz CT molecular complexity index is 563. The number of hydrogen-bond acceptors (Lipinski definition) is 1. The Hall–Kier alpha value is -1.56. The number of methoxy groups -OCH3 is 1. The molecule has 0 spiro atoms. The minimum Gasteiger partial charge on any atom is -0.494 e. The van der Waals surface area contributed by atoms with Crippen molar-refractivity contribution < 1.29 is 13.5 Å². The highest BCUT2D eigenvalue weighted by Crippen LogP contribution is 2.32. The highest BCUT2D eigenvalue weighted by Gasteiger charge is 2.19. The minimum absolute atomic E-state index is 0.0827. The molecule has 0 N–H and O–H groups in total. The van der Waals surface area contributed by atoms with Gasteiger partial charge in [-0.15, -0.1) is 0 Å². The molecule has 3 heteroatoms. The van der Waals surface area contributed by atoms with Crippen LogP contribution in [0.2, 0.25) is 0 Å². The standard InChI is InChI=1S/C20H26F2O/c1-3-4-5-6-15-7-9-16(10-8-15)11-12-17-13-14-18(23-2)20(22)19(17)21/h13-16H,3-10H2,1-2H3/t15-,16-. The Balaban J connectivity index is 1.90. The Morgan fingerprint density at radius 1 is 1.09 bits per heavy atom. The highest BCUT2D eigenvalue weighted by atomic mass is 19.2. The van der Waals surface area contributed by atoms with Gasteiger partial charge in [0.05, 0.1) is 12.7 Å². The van der Waals surface area contributed by atoms with Crippen LogP contribution in [0.3, 0.4) is 0 Å². The van der Waals surface area contributed by atoms with Gasteiger partial charge in [0.25, 0.3) is 0 Å². The highest BCUT2D eigenvalue weighted by molar-refractivity contribution is 5.41. The quantitative estimate of drug-likeness (QED) is 0.498. The zero-order valence-corrected chi connectivity index (χ0v) is 14.1. The van der Waals surface area contributed by atoms with Gasteiger partial charge in [0.15, 0.2) is 11.6 Å². The summed E-state index contributed by atoms with van der Waals surface area (Å²) in [6.07, 6.45) is 9.81. The van der Waals surface area contributed by atoms with Gasteiger partial charge in [0.2, 0.25) is 5.82 Å². The van der Waals surface area contributed by atoms with E-state index < -0.39 is 11.6 Å². The van der Waals surface area contributed by atoms with Crippen LogP contribution in [0.1, 0.15) is 63.9 Å².